The molecule has 0 bridgehead atoms. The minimum atomic E-state index is 0.165. The van der Waals surface area contributed by atoms with E-state index in [4.69, 9.17) is 0 Å². The average molecular weight is 227 g/mol. The Labute approximate surface area is 99.2 Å². The number of hydrogen-bond donors (Lipinski definition) is 0. The van der Waals surface area contributed by atoms with Crippen molar-refractivity contribution in [2.24, 2.45) is 0 Å². The quantitative estimate of drug-likeness (QED) is 0.714. The molecule has 0 atom stereocenters. The van der Waals surface area contributed by atoms with E-state index in [2.05, 4.69) is 18.7 Å². The van der Waals surface area contributed by atoms with Gasteiger partial charge < -0.3 is 9.80 Å². The zero-order valence-electron chi connectivity index (χ0n) is 11.2. The molecular formula is C12H25N3O. The van der Waals surface area contributed by atoms with E-state index in [1.807, 2.05) is 30.7 Å². The first-order valence-corrected chi connectivity index (χ1v) is 6.19. The normalized spacial score (nSPS) is 18.3. The van der Waals surface area contributed by atoms with Crippen molar-refractivity contribution in [1.29, 1.82) is 0 Å². The lowest BCUT2D eigenvalue weighted by Gasteiger charge is -2.39. The first-order chi connectivity index (χ1) is 7.43. The molecule has 1 saturated heterocycles. The van der Waals surface area contributed by atoms with Gasteiger partial charge in [-0.1, -0.05) is 0 Å². The summed E-state index contributed by atoms with van der Waals surface area (Å²) in [6, 6.07) is 1.02. The molecule has 0 N–H and O–H groups in total. The molecule has 0 aliphatic carbocycles. The van der Waals surface area contributed by atoms with Gasteiger partial charge in [0.25, 0.3) is 0 Å². The van der Waals surface area contributed by atoms with Crippen LogP contribution in [0, 0.1) is 0 Å². The number of amides is 2. The molecule has 0 saturated carbocycles. The smallest absolute Gasteiger partial charge is 0.320 e. The average Bonchev–Trinajstić information content (AvgIpc) is 2.27. The van der Waals surface area contributed by atoms with Crippen LogP contribution in [0.4, 0.5) is 4.79 Å². The van der Waals surface area contributed by atoms with Crippen LogP contribution in [0.2, 0.25) is 0 Å². The first-order valence-electron chi connectivity index (χ1n) is 6.19. The molecule has 0 aromatic rings. The summed E-state index contributed by atoms with van der Waals surface area (Å²) in [6.45, 7) is 12.2. The standard InChI is InChI=1S/C12H25N3O/c1-10(2)13(5)12(16)15-8-6-14(7-9-15)11(3)4/h10-11H,6-9H2,1-5H3. The molecule has 1 aliphatic heterocycles. The highest BCUT2D eigenvalue weighted by atomic mass is 16.2. The Balaban J connectivity index is 2.45. The maximum Gasteiger partial charge on any atom is 0.320 e. The van der Waals surface area contributed by atoms with E-state index in [1.54, 1.807) is 0 Å². The van der Waals surface area contributed by atoms with Gasteiger partial charge in [0.2, 0.25) is 0 Å². The molecule has 4 heteroatoms. The fraction of sp³-hybridized carbons (Fsp3) is 0.917. The highest BCUT2D eigenvalue weighted by Gasteiger charge is 2.25. The molecule has 0 radical (unpaired) electrons. The van der Waals surface area contributed by atoms with Crippen molar-refractivity contribution in [3.8, 4) is 0 Å². The lowest BCUT2D eigenvalue weighted by Crippen LogP contribution is -2.54. The summed E-state index contributed by atoms with van der Waals surface area (Å²) in [6.07, 6.45) is 0. The number of piperazine rings is 1. The maximum atomic E-state index is 12.0. The lowest BCUT2D eigenvalue weighted by molar-refractivity contribution is 0.0986. The van der Waals surface area contributed by atoms with E-state index in [-0.39, 0.29) is 12.1 Å². The van der Waals surface area contributed by atoms with Crippen molar-refractivity contribution >= 4 is 6.03 Å². The molecule has 4 nitrogen and oxygen atoms in total. The van der Waals surface area contributed by atoms with Crippen molar-refractivity contribution in [1.82, 2.24) is 14.7 Å². The Kier molecular flexibility index (Phi) is 4.59. The molecule has 16 heavy (non-hydrogen) atoms. The van der Waals surface area contributed by atoms with Gasteiger partial charge in [-0.15, -0.1) is 0 Å². The Bertz CT molecular complexity index is 232. The van der Waals surface area contributed by atoms with Gasteiger partial charge in [0.15, 0.2) is 0 Å². The molecule has 0 aromatic heterocycles. The van der Waals surface area contributed by atoms with Crippen molar-refractivity contribution in [3.63, 3.8) is 0 Å². The van der Waals surface area contributed by atoms with Crippen LogP contribution in [0.25, 0.3) is 0 Å². The molecule has 1 heterocycles. The second-order valence-corrected chi connectivity index (χ2v) is 5.10. The molecule has 0 aromatic carbocycles. The van der Waals surface area contributed by atoms with Crippen molar-refractivity contribution < 1.29 is 4.79 Å². The summed E-state index contributed by atoms with van der Waals surface area (Å²) in [5.41, 5.74) is 0. The first kappa shape index (κ1) is 13.3. The third kappa shape index (κ3) is 3.11. The van der Waals surface area contributed by atoms with Gasteiger partial charge in [-0.05, 0) is 27.7 Å². The number of carbonyl (C=O) groups is 1. The largest absolute Gasteiger partial charge is 0.325 e. The second kappa shape index (κ2) is 5.53. The highest BCUT2D eigenvalue weighted by molar-refractivity contribution is 5.74. The zero-order valence-corrected chi connectivity index (χ0v) is 11.2. The summed E-state index contributed by atoms with van der Waals surface area (Å²) >= 11 is 0. The fourth-order valence-corrected chi connectivity index (χ4v) is 1.87. The zero-order chi connectivity index (χ0) is 12.3. The minimum Gasteiger partial charge on any atom is -0.325 e. The minimum absolute atomic E-state index is 0.165. The van der Waals surface area contributed by atoms with Crippen LogP contribution in [0.15, 0.2) is 0 Å². The van der Waals surface area contributed by atoms with Gasteiger partial charge in [0.1, 0.15) is 0 Å². The number of nitrogens with zero attached hydrogens (tertiary/aromatic N) is 3. The monoisotopic (exact) mass is 227 g/mol. The van der Waals surface area contributed by atoms with Crippen LogP contribution >= 0.6 is 0 Å². The van der Waals surface area contributed by atoms with Gasteiger partial charge >= 0.3 is 6.03 Å². The van der Waals surface area contributed by atoms with E-state index < -0.39 is 0 Å². The molecule has 1 rings (SSSR count). The molecule has 1 aliphatic rings. The number of carbonyl (C=O) groups excluding carboxylic acids is 1. The summed E-state index contributed by atoms with van der Waals surface area (Å²) in [5.74, 6) is 0. The van der Waals surface area contributed by atoms with Crippen LogP contribution in [-0.4, -0.2) is 66.0 Å². The van der Waals surface area contributed by atoms with Crippen molar-refractivity contribution in [3.05, 3.63) is 0 Å². The predicted molar refractivity (Wildman–Crippen MR) is 66.6 cm³/mol. The molecule has 0 unspecified atom stereocenters. The fourth-order valence-electron chi connectivity index (χ4n) is 1.87. The third-order valence-electron chi connectivity index (χ3n) is 3.39. The van der Waals surface area contributed by atoms with Gasteiger partial charge in [0, 0.05) is 45.3 Å². The Hall–Kier alpha value is -0.770. The van der Waals surface area contributed by atoms with E-state index in [0.29, 0.717) is 6.04 Å². The Morgan fingerprint density at radius 1 is 1.06 bits per heavy atom. The highest BCUT2D eigenvalue weighted by Crippen LogP contribution is 2.09. The van der Waals surface area contributed by atoms with Gasteiger partial charge in [-0.3, -0.25) is 4.90 Å². The van der Waals surface area contributed by atoms with E-state index >= 15 is 0 Å². The third-order valence-corrected chi connectivity index (χ3v) is 3.39. The van der Waals surface area contributed by atoms with E-state index in [9.17, 15) is 4.79 Å². The molecule has 94 valence electrons. The predicted octanol–water partition coefficient (Wildman–Crippen LogP) is 1.47. The van der Waals surface area contributed by atoms with Crippen LogP contribution in [0.3, 0.4) is 0 Å². The topological polar surface area (TPSA) is 26.8 Å². The van der Waals surface area contributed by atoms with Crippen LogP contribution in [0.1, 0.15) is 27.7 Å². The Morgan fingerprint density at radius 3 is 1.94 bits per heavy atom. The van der Waals surface area contributed by atoms with E-state index in [1.165, 1.54) is 0 Å². The molecule has 1 fully saturated rings. The summed E-state index contributed by atoms with van der Waals surface area (Å²) in [7, 11) is 1.88. The summed E-state index contributed by atoms with van der Waals surface area (Å²) < 4.78 is 0. The van der Waals surface area contributed by atoms with Crippen molar-refractivity contribution in [2.75, 3.05) is 33.2 Å². The van der Waals surface area contributed by atoms with Gasteiger partial charge in [0.05, 0.1) is 0 Å². The second-order valence-electron chi connectivity index (χ2n) is 5.10. The van der Waals surface area contributed by atoms with E-state index in [0.717, 1.165) is 26.2 Å². The summed E-state index contributed by atoms with van der Waals surface area (Å²) in [4.78, 5) is 18.2. The maximum absolute atomic E-state index is 12.0. The van der Waals surface area contributed by atoms with Crippen molar-refractivity contribution in [2.45, 2.75) is 39.8 Å². The van der Waals surface area contributed by atoms with Crippen LogP contribution < -0.4 is 0 Å². The Morgan fingerprint density at radius 2 is 1.56 bits per heavy atom. The van der Waals surface area contributed by atoms with Gasteiger partial charge in [-0.25, -0.2) is 4.79 Å². The van der Waals surface area contributed by atoms with Crippen LogP contribution in [-0.2, 0) is 0 Å². The SMILES string of the molecule is CC(C)N1CCN(C(=O)N(C)C(C)C)CC1. The molecular weight excluding hydrogens is 202 g/mol. The number of hydrogen-bond acceptors (Lipinski definition) is 2. The summed E-state index contributed by atoms with van der Waals surface area (Å²) in [5, 5.41) is 0. The van der Waals surface area contributed by atoms with Crippen LogP contribution in [0.5, 0.6) is 0 Å². The number of rotatable bonds is 2. The lowest BCUT2D eigenvalue weighted by atomic mass is 10.2. The molecule has 0 spiro atoms. The molecule has 2 amide bonds. The van der Waals surface area contributed by atoms with Gasteiger partial charge in [-0.2, -0.15) is 0 Å². The number of urea groups is 1.